The minimum Gasteiger partial charge on any atom is -0.447 e. The zero-order valence-corrected chi connectivity index (χ0v) is 23.1. The number of cyclic esters (lactones) is 1. The van der Waals surface area contributed by atoms with Crippen molar-refractivity contribution in [2.75, 3.05) is 6.61 Å². The predicted octanol–water partition coefficient (Wildman–Crippen LogP) is 5.93. The fraction of sp³-hybridized carbons (Fsp3) is 0.452. The third kappa shape index (κ3) is 9.05. The molecule has 38 heavy (non-hydrogen) atoms. The summed E-state index contributed by atoms with van der Waals surface area (Å²) in [6.45, 7) is 9.74. The summed E-state index contributed by atoms with van der Waals surface area (Å²) in [6.07, 6.45) is 4.14. The summed E-state index contributed by atoms with van der Waals surface area (Å²) in [7, 11) is 0. The molecule has 1 heterocycles. The van der Waals surface area contributed by atoms with Crippen molar-refractivity contribution < 1.29 is 23.9 Å². The molecule has 0 radical (unpaired) electrons. The second kappa shape index (κ2) is 13.3. The number of benzene rings is 2. The van der Waals surface area contributed by atoms with Crippen molar-refractivity contribution in [2.45, 2.75) is 71.6 Å². The fourth-order valence-corrected chi connectivity index (χ4v) is 4.47. The van der Waals surface area contributed by atoms with Crippen molar-refractivity contribution in [3.8, 4) is 0 Å². The number of imide groups is 1. The third-order valence-electron chi connectivity index (χ3n) is 6.13. The van der Waals surface area contributed by atoms with Crippen molar-refractivity contribution in [3.63, 3.8) is 0 Å². The number of ether oxygens (including phenoxy) is 2. The van der Waals surface area contributed by atoms with E-state index in [1.165, 1.54) is 4.90 Å². The summed E-state index contributed by atoms with van der Waals surface area (Å²) < 4.78 is 10.8. The Kier molecular flexibility index (Phi) is 10.1. The average Bonchev–Trinajstić information content (AvgIpc) is 3.20. The van der Waals surface area contributed by atoms with E-state index in [4.69, 9.17) is 9.47 Å². The molecule has 3 atom stereocenters. The number of carbonyl (C=O) groups is 3. The first-order chi connectivity index (χ1) is 18.0. The van der Waals surface area contributed by atoms with Gasteiger partial charge in [0.2, 0.25) is 5.91 Å². The Morgan fingerprint density at radius 3 is 2.21 bits per heavy atom. The van der Waals surface area contributed by atoms with E-state index in [2.05, 4.69) is 19.2 Å². The van der Waals surface area contributed by atoms with E-state index in [-0.39, 0.29) is 24.6 Å². The van der Waals surface area contributed by atoms with Crippen LogP contribution < -0.4 is 5.32 Å². The van der Waals surface area contributed by atoms with Gasteiger partial charge < -0.3 is 14.8 Å². The molecule has 0 saturated carbocycles. The minimum absolute atomic E-state index is 0.164. The Morgan fingerprint density at radius 1 is 1.03 bits per heavy atom. The molecule has 7 nitrogen and oxygen atoms in total. The van der Waals surface area contributed by atoms with Crippen molar-refractivity contribution in [2.24, 2.45) is 11.8 Å². The van der Waals surface area contributed by atoms with E-state index in [0.29, 0.717) is 25.2 Å². The van der Waals surface area contributed by atoms with Crippen LogP contribution in [0.2, 0.25) is 0 Å². The normalized spacial score (nSPS) is 17.4. The Bertz CT molecular complexity index is 1090. The zero-order valence-electron chi connectivity index (χ0n) is 23.1. The van der Waals surface area contributed by atoms with Crippen LogP contribution >= 0.6 is 0 Å². The molecule has 2 aromatic carbocycles. The van der Waals surface area contributed by atoms with Crippen LogP contribution in [0.3, 0.4) is 0 Å². The first kappa shape index (κ1) is 29.0. The van der Waals surface area contributed by atoms with E-state index >= 15 is 0 Å². The lowest BCUT2D eigenvalue weighted by molar-refractivity contribution is -0.131. The highest BCUT2D eigenvalue weighted by Crippen LogP contribution is 2.23. The monoisotopic (exact) mass is 520 g/mol. The number of hydrogen-bond donors (Lipinski definition) is 1. The molecular formula is C31H40N2O5. The van der Waals surface area contributed by atoms with E-state index in [9.17, 15) is 14.4 Å². The molecule has 1 aliphatic rings. The van der Waals surface area contributed by atoms with Gasteiger partial charge in [-0.2, -0.15) is 0 Å². The van der Waals surface area contributed by atoms with Crippen LogP contribution in [-0.2, 0) is 27.1 Å². The van der Waals surface area contributed by atoms with E-state index in [0.717, 1.165) is 11.1 Å². The largest absolute Gasteiger partial charge is 0.447 e. The number of hydrogen-bond acceptors (Lipinski definition) is 5. The molecule has 2 aromatic rings. The molecule has 0 aromatic heterocycles. The van der Waals surface area contributed by atoms with Crippen LogP contribution in [0, 0.1) is 11.8 Å². The van der Waals surface area contributed by atoms with Crippen molar-refractivity contribution in [1.82, 2.24) is 10.2 Å². The SMILES string of the molecule is CC(C)C[C@@H](/C=C/[C@H](Cc1ccccc1)C(=O)N1C(=O)OC[C@@H]1Cc1ccccc1)NC(=O)OC(C)(C)C. The summed E-state index contributed by atoms with van der Waals surface area (Å²) in [6, 6.07) is 18.7. The zero-order chi connectivity index (χ0) is 27.7. The van der Waals surface area contributed by atoms with Crippen molar-refractivity contribution in [1.29, 1.82) is 0 Å². The minimum atomic E-state index is -0.619. The quantitative estimate of drug-likeness (QED) is 0.393. The summed E-state index contributed by atoms with van der Waals surface area (Å²) in [5, 5.41) is 2.92. The van der Waals surface area contributed by atoms with Crippen LogP contribution in [0.25, 0.3) is 0 Å². The maximum atomic E-state index is 13.9. The highest BCUT2D eigenvalue weighted by Gasteiger charge is 2.40. The summed E-state index contributed by atoms with van der Waals surface area (Å²) in [4.78, 5) is 40.3. The molecule has 0 spiro atoms. The van der Waals surface area contributed by atoms with E-state index < -0.39 is 23.7 Å². The maximum Gasteiger partial charge on any atom is 0.417 e. The second-order valence-corrected chi connectivity index (χ2v) is 11.2. The number of nitrogens with zero attached hydrogens (tertiary/aromatic N) is 1. The molecule has 0 aliphatic carbocycles. The van der Waals surface area contributed by atoms with Gasteiger partial charge in [0, 0.05) is 0 Å². The Hall–Kier alpha value is -3.61. The van der Waals surface area contributed by atoms with Crippen LogP contribution in [-0.4, -0.2) is 47.3 Å². The molecule has 3 rings (SSSR count). The Labute approximate surface area is 226 Å². The molecule has 3 amide bonds. The first-order valence-electron chi connectivity index (χ1n) is 13.3. The standard InChI is InChI=1S/C31H40N2O5/c1-22(2)18-26(32-29(35)38-31(3,4)5)17-16-25(19-23-12-8-6-9-13-23)28(34)33-27(21-37-30(33)36)20-24-14-10-7-11-15-24/h6-17,22,25-27H,18-21H2,1-5H3,(H,32,35)/b17-16+/t25-,26-,27+/m1/s1. The molecule has 0 unspecified atom stereocenters. The highest BCUT2D eigenvalue weighted by molar-refractivity contribution is 5.95. The number of alkyl carbamates (subject to hydrolysis) is 1. The summed E-state index contributed by atoms with van der Waals surface area (Å²) >= 11 is 0. The van der Waals surface area contributed by atoms with Crippen LogP contribution in [0.5, 0.6) is 0 Å². The smallest absolute Gasteiger partial charge is 0.417 e. The van der Waals surface area contributed by atoms with Gasteiger partial charge in [-0.1, -0.05) is 86.7 Å². The average molecular weight is 521 g/mol. The van der Waals surface area contributed by atoms with E-state index in [1.54, 1.807) is 0 Å². The van der Waals surface area contributed by atoms with Gasteiger partial charge in [0.25, 0.3) is 0 Å². The maximum absolute atomic E-state index is 13.9. The molecule has 0 bridgehead atoms. The van der Waals surface area contributed by atoms with Crippen molar-refractivity contribution in [3.05, 3.63) is 83.9 Å². The molecule has 1 saturated heterocycles. The number of carbonyl (C=O) groups excluding carboxylic acids is 3. The second-order valence-electron chi connectivity index (χ2n) is 11.2. The van der Waals surface area contributed by atoms with Crippen LogP contribution in [0.1, 0.15) is 52.2 Å². The van der Waals surface area contributed by atoms with Gasteiger partial charge in [-0.25, -0.2) is 14.5 Å². The lowest BCUT2D eigenvalue weighted by Gasteiger charge is -2.25. The van der Waals surface area contributed by atoms with Gasteiger partial charge in [-0.15, -0.1) is 0 Å². The Balaban J connectivity index is 1.84. The van der Waals surface area contributed by atoms with Gasteiger partial charge in [0.05, 0.1) is 18.0 Å². The molecular weight excluding hydrogens is 480 g/mol. The molecule has 7 heteroatoms. The molecule has 1 aliphatic heterocycles. The topological polar surface area (TPSA) is 84.9 Å². The van der Waals surface area contributed by atoms with E-state index in [1.807, 2.05) is 93.6 Å². The van der Waals surface area contributed by atoms with Gasteiger partial charge in [-0.05, 0) is 57.1 Å². The molecule has 204 valence electrons. The number of amides is 3. The van der Waals surface area contributed by atoms with Gasteiger partial charge in [-0.3, -0.25) is 4.79 Å². The number of rotatable bonds is 10. The Morgan fingerprint density at radius 2 is 1.63 bits per heavy atom. The lowest BCUT2D eigenvalue weighted by Crippen LogP contribution is -2.44. The molecule has 1 fully saturated rings. The first-order valence-corrected chi connectivity index (χ1v) is 13.3. The highest BCUT2D eigenvalue weighted by atomic mass is 16.6. The predicted molar refractivity (Wildman–Crippen MR) is 148 cm³/mol. The summed E-state index contributed by atoms with van der Waals surface area (Å²) in [5.41, 5.74) is 1.39. The molecule has 1 N–H and O–H groups in total. The number of nitrogens with one attached hydrogen (secondary N) is 1. The third-order valence-corrected chi connectivity index (χ3v) is 6.13. The van der Waals surface area contributed by atoms with Crippen LogP contribution in [0.15, 0.2) is 72.8 Å². The van der Waals surface area contributed by atoms with Gasteiger partial charge in [0.1, 0.15) is 12.2 Å². The fourth-order valence-electron chi connectivity index (χ4n) is 4.47. The van der Waals surface area contributed by atoms with Crippen molar-refractivity contribution >= 4 is 18.1 Å². The van der Waals surface area contributed by atoms with Crippen LogP contribution in [0.4, 0.5) is 9.59 Å². The summed E-state index contributed by atoms with van der Waals surface area (Å²) in [5.74, 6) is -0.628. The van der Waals surface area contributed by atoms with Gasteiger partial charge >= 0.3 is 12.2 Å². The van der Waals surface area contributed by atoms with Gasteiger partial charge in [0.15, 0.2) is 0 Å². The lowest BCUT2D eigenvalue weighted by atomic mass is 9.94.